The highest BCUT2D eigenvalue weighted by atomic mass is 35.5. The van der Waals surface area contributed by atoms with E-state index in [9.17, 15) is 24.8 Å². The number of nitrogens with zero attached hydrogens (tertiary/aromatic N) is 2. The first-order chi connectivity index (χ1) is 12.8. The van der Waals surface area contributed by atoms with Crippen molar-refractivity contribution in [2.45, 2.75) is 4.34 Å². The molecule has 138 valence electrons. The standard InChI is InChI=1S/C16H10ClN3O5S2/c17-8-1-3-10(15(22)23)12(5-8)18-14(21)7-26-16-19-11-4-2-9(20(24)25)6-13(11)27-16/h1-6H,7H2,(H,18,21)(H,22,23)/p-1. The maximum Gasteiger partial charge on any atom is 0.270 e. The molecule has 1 amide bonds. The van der Waals surface area contributed by atoms with E-state index in [0.717, 1.165) is 11.8 Å². The number of nitrogens with one attached hydrogen (secondary N) is 1. The number of carbonyl (C=O) groups is 2. The number of thioether (sulfide) groups is 1. The number of hydrogen-bond acceptors (Lipinski definition) is 8. The highest BCUT2D eigenvalue weighted by Crippen LogP contribution is 2.32. The number of hydrogen-bond donors (Lipinski definition) is 1. The van der Waals surface area contributed by atoms with Gasteiger partial charge in [0.25, 0.3) is 5.69 Å². The summed E-state index contributed by atoms with van der Waals surface area (Å²) >= 11 is 8.20. The third kappa shape index (κ3) is 4.54. The predicted molar refractivity (Wildman–Crippen MR) is 101 cm³/mol. The van der Waals surface area contributed by atoms with Gasteiger partial charge in [0.15, 0.2) is 4.34 Å². The Bertz CT molecular complexity index is 1070. The Balaban J connectivity index is 1.69. The van der Waals surface area contributed by atoms with Gasteiger partial charge in [-0.25, -0.2) is 4.98 Å². The van der Waals surface area contributed by atoms with E-state index in [0.29, 0.717) is 14.6 Å². The molecule has 3 rings (SSSR count). The highest BCUT2D eigenvalue weighted by Gasteiger charge is 2.13. The van der Waals surface area contributed by atoms with Gasteiger partial charge in [0.1, 0.15) is 0 Å². The van der Waals surface area contributed by atoms with Crippen LogP contribution in [0.3, 0.4) is 0 Å². The van der Waals surface area contributed by atoms with Crippen LogP contribution in [0.2, 0.25) is 5.02 Å². The summed E-state index contributed by atoms with van der Waals surface area (Å²) in [5.74, 6) is -1.90. The Morgan fingerprint density at radius 1 is 1.26 bits per heavy atom. The lowest BCUT2D eigenvalue weighted by Gasteiger charge is -2.11. The molecule has 0 aliphatic rings. The molecule has 1 heterocycles. The molecule has 0 bridgehead atoms. The second kappa shape index (κ2) is 7.91. The number of rotatable bonds is 6. The summed E-state index contributed by atoms with van der Waals surface area (Å²) in [6.45, 7) is 0. The first kappa shape index (κ1) is 19.1. The van der Waals surface area contributed by atoms with Gasteiger partial charge in [-0.05, 0) is 24.3 Å². The molecule has 0 saturated carbocycles. The molecule has 2 aromatic carbocycles. The summed E-state index contributed by atoms with van der Waals surface area (Å²) in [6, 6.07) is 8.30. The summed E-state index contributed by atoms with van der Waals surface area (Å²) in [6.07, 6.45) is 0. The van der Waals surface area contributed by atoms with Crippen LogP contribution in [0.5, 0.6) is 0 Å². The van der Waals surface area contributed by atoms with E-state index >= 15 is 0 Å². The molecular formula is C16H9ClN3O5S2-. The summed E-state index contributed by atoms with van der Waals surface area (Å²) in [5, 5.41) is 24.7. The number of non-ortho nitro benzene ring substituents is 1. The van der Waals surface area contributed by atoms with E-state index in [1.807, 2.05) is 0 Å². The fraction of sp³-hybridized carbons (Fsp3) is 0.0625. The van der Waals surface area contributed by atoms with Crippen LogP contribution < -0.4 is 10.4 Å². The third-order valence-corrected chi connectivity index (χ3v) is 5.76. The number of halogens is 1. The number of nitro groups is 1. The number of aromatic carboxylic acids is 1. The van der Waals surface area contributed by atoms with Gasteiger partial charge < -0.3 is 15.2 Å². The summed E-state index contributed by atoms with van der Waals surface area (Å²) < 4.78 is 1.20. The Kier molecular flexibility index (Phi) is 5.59. The minimum atomic E-state index is -1.43. The van der Waals surface area contributed by atoms with Crippen molar-refractivity contribution >= 4 is 68.2 Å². The number of carboxylic acid groups (broad SMARTS) is 1. The van der Waals surface area contributed by atoms with Crippen molar-refractivity contribution in [3.05, 3.63) is 57.1 Å². The van der Waals surface area contributed by atoms with Gasteiger partial charge in [0.2, 0.25) is 5.91 Å². The molecule has 0 radical (unpaired) electrons. The van der Waals surface area contributed by atoms with E-state index in [4.69, 9.17) is 11.6 Å². The molecule has 3 aromatic rings. The fourth-order valence-corrected chi connectivity index (χ4v) is 4.25. The number of benzene rings is 2. The summed E-state index contributed by atoms with van der Waals surface area (Å²) in [5.41, 5.74) is 0.442. The van der Waals surface area contributed by atoms with Crippen molar-refractivity contribution in [1.29, 1.82) is 0 Å². The third-order valence-electron chi connectivity index (χ3n) is 3.37. The van der Waals surface area contributed by atoms with E-state index in [1.54, 1.807) is 6.07 Å². The topological polar surface area (TPSA) is 125 Å². The number of carboxylic acids is 1. The number of nitro benzene ring substituents is 1. The number of amides is 1. The lowest BCUT2D eigenvalue weighted by molar-refractivity contribution is -0.384. The second-order valence-electron chi connectivity index (χ2n) is 5.20. The summed E-state index contributed by atoms with van der Waals surface area (Å²) in [4.78, 5) is 37.9. The largest absolute Gasteiger partial charge is 0.545 e. The van der Waals surface area contributed by atoms with Gasteiger partial charge in [0, 0.05) is 22.7 Å². The van der Waals surface area contributed by atoms with Crippen LogP contribution >= 0.6 is 34.7 Å². The molecular weight excluding hydrogens is 414 g/mol. The quantitative estimate of drug-likeness (QED) is 0.367. The molecule has 0 unspecified atom stereocenters. The maximum absolute atomic E-state index is 12.1. The van der Waals surface area contributed by atoms with Gasteiger partial charge in [-0.15, -0.1) is 11.3 Å². The van der Waals surface area contributed by atoms with Crippen molar-refractivity contribution in [3.63, 3.8) is 0 Å². The molecule has 0 spiro atoms. The minimum Gasteiger partial charge on any atom is -0.545 e. The lowest BCUT2D eigenvalue weighted by Crippen LogP contribution is -2.25. The van der Waals surface area contributed by atoms with Crippen molar-refractivity contribution < 1.29 is 19.6 Å². The van der Waals surface area contributed by atoms with Crippen LogP contribution in [-0.2, 0) is 4.79 Å². The molecule has 0 aliphatic heterocycles. The van der Waals surface area contributed by atoms with Gasteiger partial charge in [-0.2, -0.15) is 0 Å². The van der Waals surface area contributed by atoms with Crippen LogP contribution in [0.4, 0.5) is 11.4 Å². The molecule has 27 heavy (non-hydrogen) atoms. The smallest absolute Gasteiger partial charge is 0.270 e. The Labute approximate surface area is 165 Å². The molecule has 0 fully saturated rings. The van der Waals surface area contributed by atoms with E-state index < -0.39 is 16.8 Å². The SMILES string of the molecule is O=C(CSc1nc2ccc([N+](=O)[O-])cc2s1)Nc1cc(Cl)ccc1C(=O)[O-]. The van der Waals surface area contributed by atoms with Crippen LogP contribution in [0.25, 0.3) is 10.2 Å². The second-order valence-corrected chi connectivity index (χ2v) is 7.89. The zero-order valence-electron chi connectivity index (χ0n) is 13.3. The van der Waals surface area contributed by atoms with Crippen LogP contribution in [0.15, 0.2) is 40.7 Å². The molecule has 0 aliphatic carbocycles. The van der Waals surface area contributed by atoms with Crippen molar-refractivity contribution in [3.8, 4) is 0 Å². The summed E-state index contributed by atoms with van der Waals surface area (Å²) in [7, 11) is 0. The average molecular weight is 423 g/mol. The van der Waals surface area contributed by atoms with Crippen LogP contribution in [-0.4, -0.2) is 27.5 Å². The predicted octanol–water partition coefficient (Wildman–Crippen LogP) is 2.95. The van der Waals surface area contributed by atoms with Gasteiger partial charge in [0.05, 0.1) is 32.5 Å². The fourth-order valence-electron chi connectivity index (χ4n) is 2.18. The number of aromatic nitrogens is 1. The molecule has 8 nitrogen and oxygen atoms in total. The van der Waals surface area contributed by atoms with Crippen LogP contribution in [0, 0.1) is 10.1 Å². The Hall–Kier alpha value is -2.69. The Morgan fingerprint density at radius 3 is 2.74 bits per heavy atom. The number of thiazole rings is 1. The van der Waals surface area contributed by atoms with Gasteiger partial charge in [-0.3, -0.25) is 14.9 Å². The molecule has 0 saturated heterocycles. The highest BCUT2D eigenvalue weighted by molar-refractivity contribution is 8.01. The van der Waals surface area contributed by atoms with Gasteiger partial charge in [-0.1, -0.05) is 23.4 Å². The first-order valence-corrected chi connectivity index (χ1v) is 9.50. The molecule has 1 N–H and O–H groups in total. The number of anilines is 1. The monoisotopic (exact) mass is 422 g/mol. The molecule has 0 atom stereocenters. The maximum atomic E-state index is 12.1. The number of carbonyl (C=O) groups excluding carboxylic acids is 2. The van der Waals surface area contributed by atoms with E-state index in [1.165, 1.54) is 41.7 Å². The minimum absolute atomic E-state index is 0.0269. The molecule has 11 heteroatoms. The van der Waals surface area contributed by atoms with Crippen molar-refractivity contribution in [1.82, 2.24) is 4.98 Å². The molecule has 1 aromatic heterocycles. The van der Waals surface area contributed by atoms with Gasteiger partial charge >= 0.3 is 0 Å². The first-order valence-electron chi connectivity index (χ1n) is 7.32. The van der Waals surface area contributed by atoms with E-state index in [2.05, 4.69) is 10.3 Å². The number of fused-ring (bicyclic) bond motifs is 1. The Morgan fingerprint density at radius 2 is 2.04 bits per heavy atom. The average Bonchev–Trinajstić information content (AvgIpc) is 3.01. The zero-order valence-corrected chi connectivity index (χ0v) is 15.7. The van der Waals surface area contributed by atoms with Crippen LogP contribution in [0.1, 0.15) is 10.4 Å². The zero-order chi connectivity index (χ0) is 19.6. The van der Waals surface area contributed by atoms with E-state index in [-0.39, 0.29) is 27.7 Å². The normalized spacial score (nSPS) is 10.7. The lowest BCUT2D eigenvalue weighted by atomic mass is 10.2. The van der Waals surface area contributed by atoms with Crippen molar-refractivity contribution in [2.75, 3.05) is 11.1 Å². The van der Waals surface area contributed by atoms with Crippen molar-refractivity contribution in [2.24, 2.45) is 0 Å².